The van der Waals surface area contributed by atoms with E-state index in [0.717, 1.165) is 12.7 Å². The fraction of sp³-hybridized carbons (Fsp3) is 0.0800. The summed E-state index contributed by atoms with van der Waals surface area (Å²) < 4.78 is 26.7. The van der Waals surface area contributed by atoms with E-state index in [0.29, 0.717) is 22.6 Å². The zero-order valence-corrected chi connectivity index (χ0v) is 22.1. The third-order valence-corrected chi connectivity index (χ3v) is 6.33. The van der Waals surface area contributed by atoms with Gasteiger partial charge in [-0.2, -0.15) is 0 Å². The van der Waals surface area contributed by atoms with Crippen molar-refractivity contribution in [3.05, 3.63) is 96.0 Å². The molecule has 0 aromatic heterocycles. The number of hydrogen-bond acceptors (Lipinski definition) is 5. The van der Waals surface area contributed by atoms with E-state index in [1.807, 2.05) is 12.1 Å². The van der Waals surface area contributed by atoms with Crippen molar-refractivity contribution in [1.29, 1.82) is 0 Å². The van der Waals surface area contributed by atoms with E-state index in [9.17, 15) is 14.0 Å². The number of nitrogens with zero attached hydrogens (tertiary/aromatic N) is 1. The summed E-state index contributed by atoms with van der Waals surface area (Å²) in [6.45, 7) is 1.54. The molecule has 3 aromatic carbocycles. The van der Waals surface area contributed by atoms with Crippen molar-refractivity contribution < 1.29 is 23.5 Å². The van der Waals surface area contributed by atoms with Crippen molar-refractivity contribution in [3.63, 3.8) is 0 Å². The zero-order valence-electron chi connectivity index (χ0n) is 17.8. The predicted octanol–water partition coefficient (Wildman–Crippen LogP) is 5.92. The summed E-state index contributed by atoms with van der Waals surface area (Å²) in [7, 11) is 0. The number of ether oxygens (including phenoxy) is 2. The molecule has 34 heavy (non-hydrogen) atoms. The van der Waals surface area contributed by atoms with E-state index in [2.05, 4.69) is 55.5 Å². The average molecular weight is 682 g/mol. The van der Waals surface area contributed by atoms with Gasteiger partial charge in [-0.05, 0) is 99.3 Å². The lowest BCUT2D eigenvalue weighted by Crippen LogP contribution is -2.07. The Morgan fingerprint density at radius 2 is 1.79 bits per heavy atom. The van der Waals surface area contributed by atoms with Crippen LogP contribution in [-0.2, 0) is 20.9 Å². The fourth-order valence-corrected chi connectivity index (χ4v) is 5.28. The Labute approximate surface area is 222 Å². The molecule has 0 fully saturated rings. The lowest BCUT2D eigenvalue weighted by Gasteiger charge is -2.12. The minimum Gasteiger partial charge on any atom is -0.487 e. The van der Waals surface area contributed by atoms with E-state index in [-0.39, 0.29) is 29.9 Å². The summed E-state index contributed by atoms with van der Waals surface area (Å²) in [5.74, 6) is -0.197. The van der Waals surface area contributed by atoms with Gasteiger partial charge in [0.25, 0.3) is 0 Å². The SMILES string of the molecule is CC(=O)Nc1ccc(C2=N/C(=C\c3cc(I)c(OCc4ccccc4F)c(I)c3)C(=O)O2)cc1. The van der Waals surface area contributed by atoms with Gasteiger partial charge in [0.1, 0.15) is 18.2 Å². The molecular formula is C25H17FI2N2O4. The number of halogens is 3. The van der Waals surface area contributed by atoms with Gasteiger partial charge in [0.05, 0.1) is 7.14 Å². The van der Waals surface area contributed by atoms with E-state index >= 15 is 0 Å². The first-order valence-corrected chi connectivity index (χ1v) is 12.2. The molecule has 172 valence electrons. The summed E-state index contributed by atoms with van der Waals surface area (Å²) in [5.41, 5.74) is 2.66. The molecule has 0 saturated carbocycles. The van der Waals surface area contributed by atoms with E-state index < -0.39 is 5.97 Å². The van der Waals surface area contributed by atoms with E-state index in [1.54, 1.807) is 48.5 Å². The summed E-state index contributed by atoms with van der Waals surface area (Å²) in [5, 5.41) is 2.68. The van der Waals surface area contributed by atoms with Crippen LogP contribution in [0.4, 0.5) is 10.1 Å². The van der Waals surface area contributed by atoms with Crippen molar-refractivity contribution in [1.82, 2.24) is 0 Å². The number of esters is 1. The molecule has 1 amide bonds. The minimum absolute atomic E-state index is 0.111. The number of hydrogen-bond donors (Lipinski definition) is 1. The summed E-state index contributed by atoms with van der Waals surface area (Å²) in [6.07, 6.45) is 1.64. The van der Waals surface area contributed by atoms with Crippen molar-refractivity contribution in [2.45, 2.75) is 13.5 Å². The summed E-state index contributed by atoms with van der Waals surface area (Å²) in [6, 6.07) is 17.0. The van der Waals surface area contributed by atoms with Crippen LogP contribution in [0.5, 0.6) is 5.75 Å². The minimum atomic E-state index is -0.550. The van der Waals surface area contributed by atoms with Crippen LogP contribution in [0.25, 0.3) is 6.08 Å². The van der Waals surface area contributed by atoms with Gasteiger partial charge in [-0.25, -0.2) is 14.2 Å². The molecule has 4 rings (SSSR count). The number of carbonyl (C=O) groups is 2. The van der Waals surface area contributed by atoms with Gasteiger partial charge in [-0.15, -0.1) is 0 Å². The number of cyclic esters (lactones) is 1. The Morgan fingerprint density at radius 3 is 2.44 bits per heavy atom. The molecule has 1 aliphatic heterocycles. The maximum absolute atomic E-state index is 13.9. The van der Waals surface area contributed by atoms with Gasteiger partial charge in [-0.1, -0.05) is 18.2 Å². The van der Waals surface area contributed by atoms with Crippen molar-refractivity contribution in [2.75, 3.05) is 5.32 Å². The molecule has 1 aliphatic rings. The molecular weight excluding hydrogens is 665 g/mol. The molecule has 0 unspecified atom stereocenters. The van der Waals surface area contributed by atoms with Crippen molar-refractivity contribution in [2.24, 2.45) is 4.99 Å². The van der Waals surface area contributed by atoms with Gasteiger partial charge in [0, 0.05) is 23.7 Å². The monoisotopic (exact) mass is 682 g/mol. The molecule has 0 atom stereocenters. The third kappa shape index (κ3) is 5.81. The normalized spacial score (nSPS) is 14.1. The second-order valence-corrected chi connectivity index (χ2v) is 9.61. The number of nitrogens with one attached hydrogen (secondary N) is 1. The topological polar surface area (TPSA) is 77.0 Å². The maximum atomic E-state index is 13.9. The highest BCUT2D eigenvalue weighted by Gasteiger charge is 2.24. The Bertz CT molecular complexity index is 1310. The molecule has 0 aliphatic carbocycles. The van der Waals surface area contributed by atoms with Crippen LogP contribution in [0, 0.1) is 13.0 Å². The number of rotatable bonds is 6. The van der Waals surface area contributed by atoms with Crippen LogP contribution >= 0.6 is 45.2 Å². The number of anilines is 1. The van der Waals surface area contributed by atoms with E-state index in [1.165, 1.54) is 13.0 Å². The third-order valence-electron chi connectivity index (χ3n) is 4.73. The van der Waals surface area contributed by atoms with Gasteiger partial charge >= 0.3 is 5.97 Å². The molecule has 6 nitrogen and oxygen atoms in total. The number of carbonyl (C=O) groups excluding carboxylic acids is 2. The van der Waals surface area contributed by atoms with Crippen LogP contribution in [0.3, 0.4) is 0 Å². The van der Waals surface area contributed by atoms with Crippen molar-refractivity contribution in [3.8, 4) is 5.75 Å². The molecule has 9 heteroatoms. The lowest BCUT2D eigenvalue weighted by atomic mass is 10.2. The number of amides is 1. The molecule has 1 heterocycles. The number of benzene rings is 3. The predicted molar refractivity (Wildman–Crippen MR) is 144 cm³/mol. The number of aliphatic imine (C=N–C) groups is 1. The van der Waals surface area contributed by atoms with Gasteiger partial charge in [-0.3, -0.25) is 4.79 Å². The van der Waals surface area contributed by atoms with Gasteiger partial charge in [0.2, 0.25) is 11.8 Å². The maximum Gasteiger partial charge on any atom is 0.363 e. The largest absolute Gasteiger partial charge is 0.487 e. The Balaban J connectivity index is 1.53. The van der Waals surface area contributed by atoms with Gasteiger partial charge < -0.3 is 14.8 Å². The first kappa shape index (κ1) is 24.3. The fourth-order valence-electron chi connectivity index (χ4n) is 3.16. The highest BCUT2D eigenvalue weighted by molar-refractivity contribution is 14.1. The van der Waals surface area contributed by atoms with Crippen LogP contribution in [0.15, 0.2) is 71.4 Å². The van der Waals surface area contributed by atoms with Gasteiger partial charge in [0.15, 0.2) is 5.70 Å². The summed E-state index contributed by atoms with van der Waals surface area (Å²) >= 11 is 4.29. The quantitative estimate of drug-likeness (QED) is 0.199. The Hall–Kier alpha value is -2.80. The Morgan fingerprint density at radius 1 is 1.12 bits per heavy atom. The molecule has 3 aromatic rings. The van der Waals surface area contributed by atoms with Crippen LogP contribution in [-0.4, -0.2) is 17.8 Å². The van der Waals surface area contributed by atoms with Crippen LogP contribution in [0.2, 0.25) is 0 Å². The second kappa shape index (κ2) is 10.6. The molecule has 0 saturated heterocycles. The molecule has 0 bridgehead atoms. The molecule has 0 spiro atoms. The highest BCUT2D eigenvalue weighted by atomic mass is 127. The van der Waals surface area contributed by atoms with E-state index in [4.69, 9.17) is 9.47 Å². The first-order valence-electron chi connectivity index (χ1n) is 10.1. The average Bonchev–Trinajstić information content (AvgIpc) is 3.14. The molecule has 1 N–H and O–H groups in total. The highest BCUT2D eigenvalue weighted by Crippen LogP contribution is 2.31. The second-order valence-electron chi connectivity index (χ2n) is 7.29. The molecule has 0 radical (unpaired) electrons. The first-order chi connectivity index (χ1) is 16.3. The smallest absolute Gasteiger partial charge is 0.363 e. The Kier molecular flexibility index (Phi) is 7.61. The zero-order chi connectivity index (χ0) is 24.2. The van der Waals surface area contributed by atoms with Crippen LogP contribution in [0.1, 0.15) is 23.6 Å². The summed E-state index contributed by atoms with van der Waals surface area (Å²) in [4.78, 5) is 27.9. The lowest BCUT2D eigenvalue weighted by molar-refractivity contribution is -0.129. The van der Waals surface area contributed by atoms with Crippen molar-refractivity contribution >= 4 is 74.7 Å². The standard InChI is InChI=1S/C25H17FI2N2O4/c1-14(31)29-18-8-6-16(7-9-18)24-30-22(25(32)34-24)12-15-10-20(27)23(21(28)11-15)33-13-17-4-2-3-5-19(17)26/h2-12H,13H2,1H3,(H,29,31)/b22-12-. The van der Waals surface area contributed by atoms with Crippen LogP contribution < -0.4 is 10.1 Å².